The quantitative estimate of drug-likeness (QED) is 0.525. The lowest BCUT2D eigenvalue weighted by molar-refractivity contribution is 0.682. The third-order valence-corrected chi connectivity index (χ3v) is 2.87. The summed E-state index contributed by atoms with van der Waals surface area (Å²) in [7, 11) is 0. The van der Waals surface area contributed by atoms with Crippen molar-refractivity contribution in [2.24, 2.45) is 0 Å². The monoisotopic (exact) mass is 256 g/mol. The first-order chi connectivity index (χ1) is 9.09. The van der Waals surface area contributed by atoms with E-state index in [9.17, 15) is 0 Å². The van der Waals surface area contributed by atoms with Gasteiger partial charge in [-0.3, -0.25) is 0 Å². The molecule has 0 aliphatic heterocycles. The molecule has 0 radical (unpaired) electrons. The van der Waals surface area contributed by atoms with Crippen molar-refractivity contribution in [3.63, 3.8) is 0 Å². The van der Waals surface area contributed by atoms with Gasteiger partial charge in [-0.15, -0.1) is 0 Å². The average Bonchev–Trinajstić information content (AvgIpc) is 2.45. The van der Waals surface area contributed by atoms with Crippen molar-refractivity contribution >= 4 is 0 Å². The molecule has 0 nitrogen and oxygen atoms in total. The molecule has 0 saturated carbocycles. The van der Waals surface area contributed by atoms with Gasteiger partial charge in [0.15, 0.2) is 0 Å². The Morgan fingerprint density at radius 1 is 1.11 bits per heavy atom. The lowest BCUT2D eigenvalue weighted by atomic mass is 9.94. The van der Waals surface area contributed by atoms with E-state index in [2.05, 4.69) is 56.5 Å². The van der Waals surface area contributed by atoms with Gasteiger partial charge in [0.05, 0.1) is 0 Å². The van der Waals surface area contributed by atoms with Gasteiger partial charge in [0.2, 0.25) is 0 Å². The van der Waals surface area contributed by atoms with Gasteiger partial charge in [-0.2, -0.15) is 0 Å². The molecule has 19 heavy (non-hydrogen) atoms. The molecule has 1 rings (SSSR count). The molecule has 0 heterocycles. The molecule has 1 unspecified atom stereocenters. The Morgan fingerprint density at radius 3 is 2.21 bits per heavy atom. The molecule has 0 bridgehead atoms. The summed E-state index contributed by atoms with van der Waals surface area (Å²) in [6, 6.07) is 10.6. The van der Waals surface area contributed by atoms with Crippen LogP contribution in [0.15, 0.2) is 66.8 Å². The second-order valence-corrected chi connectivity index (χ2v) is 4.69. The number of hydrogen-bond donors (Lipinski definition) is 0. The van der Waals surface area contributed by atoms with Gasteiger partial charge in [0, 0.05) is 0 Å². The zero-order valence-electron chi connectivity index (χ0n) is 12.9. The molecule has 1 aromatic rings. The molecule has 0 fully saturated rings. The summed E-state index contributed by atoms with van der Waals surface area (Å²) >= 11 is 0. The van der Waals surface area contributed by atoms with Crippen molar-refractivity contribution in [3.05, 3.63) is 72.4 Å². The van der Waals surface area contributed by atoms with Crippen molar-refractivity contribution in [3.8, 4) is 0 Å². The predicted molar refractivity (Wildman–Crippen MR) is 88.5 cm³/mol. The third kappa shape index (κ3) is 8.20. The van der Waals surface area contributed by atoms with Crippen LogP contribution in [0.3, 0.4) is 0 Å². The van der Waals surface area contributed by atoms with Crippen molar-refractivity contribution in [2.75, 3.05) is 0 Å². The van der Waals surface area contributed by atoms with E-state index in [-0.39, 0.29) is 0 Å². The van der Waals surface area contributed by atoms with Crippen LogP contribution in [0.4, 0.5) is 0 Å². The maximum Gasteiger partial charge on any atom is -0.0187 e. The molecule has 0 aliphatic rings. The third-order valence-electron chi connectivity index (χ3n) is 2.87. The fourth-order valence-electron chi connectivity index (χ4n) is 1.69. The summed E-state index contributed by atoms with van der Waals surface area (Å²) in [5.74, 6) is 0.589. The highest BCUT2D eigenvalue weighted by Gasteiger charge is 2.04. The average molecular weight is 256 g/mol. The molecule has 0 amide bonds. The summed E-state index contributed by atoms with van der Waals surface area (Å²) in [6.07, 6.45) is 6.28. The second-order valence-electron chi connectivity index (χ2n) is 4.69. The Hall–Kier alpha value is -1.56. The number of allylic oxidation sites excluding steroid dienone is 4. The van der Waals surface area contributed by atoms with Crippen LogP contribution >= 0.6 is 0 Å². The Balaban J connectivity index is 0.00000154. The fraction of sp³-hybridized carbons (Fsp3) is 0.368. The van der Waals surface area contributed by atoms with Gasteiger partial charge in [0.25, 0.3) is 0 Å². The summed E-state index contributed by atoms with van der Waals surface area (Å²) in [5.41, 5.74) is 3.65. The highest BCUT2D eigenvalue weighted by molar-refractivity contribution is 5.24. The molecule has 0 saturated heterocycles. The van der Waals surface area contributed by atoms with E-state index in [1.807, 2.05) is 26.8 Å². The molecular formula is C19H28. The van der Waals surface area contributed by atoms with Crippen LogP contribution in [-0.2, 0) is 0 Å². The molecule has 104 valence electrons. The van der Waals surface area contributed by atoms with Crippen LogP contribution in [0.25, 0.3) is 0 Å². The Kier molecular flexibility index (Phi) is 9.52. The topological polar surface area (TPSA) is 0 Å². The lowest BCUT2D eigenvalue weighted by Crippen LogP contribution is -1.93. The first-order valence-corrected chi connectivity index (χ1v) is 7.16. The van der Waals surface area contributed by atoms with E-state index in [0.29, 0.717) is 5.92 Å². The summed E-state index contributed by atoms with van der Waals surface area (Å²) < 4.78 is 0. The van der Waals surface area contributed by atoms with Crippen molar-refractivity contribution in [2.45, 2.75) is 46.5 Å². The number of rotatable bonds is 6. The maximum absolute atomic E-state index is 4.06. The van der Waals surface area contributed by atoms with Gasteiger partial charge in [0.1, 0.15) is 0 Å². The van der Waals surface area contributed by atoms with Gasteiger partial charge in [-0.05, 0) is 31.2 Å². The molecule has 0 aromatic heterocycles. The van der Waals surface area contributed by atoms with Gasteiger partial charge < -0.3 is 0 Å². The summed E-state index contributed by atoms with van der Waals surface area (Å²) in [5, 5.41) is 0. The lowest BCUT2D eigenvalue weighted by Gasteiger charge is -2.11. The standard InChI is InChI=1S/C17H22.C2H6/c1-14(2)10-11-15(3)12-13-16(4)17-8-6-5-7-9-17;1-2/h5-11,16H,1,3,12-13H2,2,4H3;1-2H3/b11-10-;. The van der Waals surface area contributed by atoms with E-state index < -0.39 is 0 Å². The first-order valence-electron chi connectivity index (χ1n) is 7.16. The van der Waals surface area contributed by atoms with Gasteiger partial charge in [-0.25, -0.2) is 0 Å². The molecule has 1 aromatic carbocycles. The molecule has 0 spiro atoms. The first kappa shape index (κ1) is 17.4. The van der Waals surface area contributed by atoms with Gasteiger partial charge >= 0.3 is 0 Å². The fourth-order valence-corrected chi connectivity index (χ4v) is 1.69. The second kappa shape index (κ2) is 10.4. The molecular weight excluding hydrogens is 228 g/mol. The van der Waals surface area contributed by atoms with Crippen LogP contribution in [-0.4, -0.2) is 0 Å². The summed E-state index contributed by atoms with van der Waals surface area (Å²) in [4.78, 5) is 0. The van der Waals surface area contributed by atoms with Crippen LogP contribution in [0.5, 0.6) is 0 Å². The molecule has 0 heteroatoms. The van der Waals surface area contributed by atoms with Gasteiger partial charge in [-0.1, -0.05) is 87.6 Å². The largest absolute Gasteiger partial charge is 0.0961 e. The Labute approximate surface area is 119 Å². The highest BCUT2D eigenvalue weighted by Crippen LogP contribution is 2.22. The zero-order valence-corrected chi connectivity index (χ0v) is 12.9. The minimum atomic E-state index is 0.589. The van der Waals surface area contributed by atoms with Crippen LogP contribution in [0.1, 0.15) is 52.0 Å². The van der Waals surface area contributed by atoms with Crippen molar-refractivity contribution < 1.29 is 0 Å². The van der Waals surface area contributed by atoms with Crippen LogP contribution in [0, 0.1) is 0 Å². The summed E-state index contributed by atoms with van der Waals surface area (Å²) in [6.45, 7) is 16.2. The maximum atomic E-state index is 4.06. The zero-order chi connectivity index (χ0) is 14.7. The van der Waals surface area contributed by atoms with E-state index in [1.54, 1.807) is 0 Å². The molecule has 1 atom stereocenters. The SMILES string of the molecule is C=C(C)/C=C\C(=C)CCC(C)c1ccccc1.CC. The minimum Gasteiger partial charge on any atom is -0.0961 e. The molecule has 0 aliphatic carbocycles. The van der Waals surface area contributed by atoms with E-state index in [4.69, 9.17) is 0 Å². The van der Waals surface area contributed by atoms with E-state index in [1.165, 1.54) is 11.1 Å². The minimum absolute atomic E-state index is 0.589. The van der Waals surface area contributed by atoms with Crippen LogP contribution < -0.4 is 0 Å². The number of hydrogen-bond acceptors (Lipinski definition) is 0. The Morgan fingerprint density at radius 2 is 1.68 bits per heavy atom. The highest BCUT2D eigenvalue weighted by atomic mass is 14.1. The predicted octanol–water partition coefficient (Wildman–Crippen LogP) is 6.29. The van der Waals surface area contributed by atoms with E-state index >= 15 is 0 Å². The van der Waals surface area contributed by atoms with Crippen LogP contribution in [0.2, 0.25) is 0 Å². The Bertz CT molecular complexity index is 395. The molecule has 0 N–H and O–H groups in total. The normalized spacial score (nSPS) is 11.6. The smallest absolute Gasteiger partial charge is 0.0187 e. The number of benzene rings is 1. The van der Waals surface area contributed by atoms with Crippen molar-refractivity contribution in [1.82, 2.24) is 0 Å². The van der Waals surface area contributed by atoms with Crippen molar-refractivity contribution in [1.29, 1.82) is 0 Å². The van der Waals surface area contributed by atoms with E-state index in [0.717, 1.165) is 18.4 Å².